The predicted octanol–water partition coefficient (Wildman–Crippen LogP) is 3.22. The van der Waals surface area contributed by atoms with Gasteiger partial charge in [-0.05, 0) is 60.2 Å². The molecule has 2 amide bonds. The van der Waals surface area contributed by atoms with Crippen molar-refractivity contribution in [1.29, 1.82) is 0 Å². The van der Waals surface area contributed by atoms with Gasteiger partial charge in [-0.15, -0.1) is 0 Å². The number of rotatable bonds is 6. The fourth-order valence-corrected chi connectivity index (χ4v) is 4.60. The third kappa shape index (κ3) is 4.28. The van der Waals surface area contributed by atoms with Gasteiger partial charge in [0.25, 0.3) is 11.8 Å². The lowest BCUT2D eigenvalue weighted by Crippen LogP contribution is -2.30. The first-order chi connectivity index (χ1) is 17.3. The van der Waals surface area contributed by atoms with Crippen LogP contribution in [0.5, 0.6) is 0 Å². The standard InChI is InChI=1S/C26H22FN5O4/c1-14-17-7-8-20(19(17)6-5-18(14)26(35)36)31-25(34)22-12-21(30-23-9-10-29-32(22)23)24(33)28-13-15-3-2-4-16(27)11-15/h2-6,9-12,20H,7-8,13H2,1H3,(H,28,33)(H,31,34)(H,35,36)/t20-/m0/s1. The molecular formula is C26H22FN5O4. The van der Waals surface area contributed by atoms with Crippen LogP contribution in [0.25, 0.3) is 5.65 Å². The smallest absolute Gasteiger partial charge is 0.335 e. The molecule has 4 aromatic rings. The molecule has 0 aliphatic heterocycles. The Morgan fingerprint density at radius 3 is 2.75 bits per heavy atom. The Labute approximate surface area is 205 Å². The Morgan fingerprint density at radius 1 is 1.14 bits per heavy atom. The van der Waals surface area contributed by atoms with Crippen molar-refractivity contribution in [3.05, 3.63) is 99.8 Å². The van der Waals surface area contributed by atoms with Gasteiger partial charge in [-0.3, -0.25) is 9.59 Å². The van der Waals surface area contributed by atoms with Crippen LogP contribution in [0.15, 0.2) is 54.7 Å². The van der Waals surface area contributed by atoms with Crippen molar-refractivity contribution in [2.75, 3.05) is 0 Å². The Bertz CT molecular complexity index is 1530. The van der Waals surface area contributed by atoms with Gasteiger partial charge in [-0.25, -0.2) is 18.7 Å². The highest BCUT2D eigenvalue weighted by Gasteiger charge is 2.28. The van der Waals surface area contributed by atoms with Crippen molar-refractivity contribution in [2.45, 2.75) is 32.4 Å². The van der Waals surface area contributed by atoms with E-state index in [4.69, 9.17) is 0 Å². The Balaban J connectivity index is 1.38. The van der Waals surface area contributed by atoms with E-state index < -0.39 is 23.6 Å². The van der Waals surface area contributed by atoms with Crippen LogP contribution < -0.4 is 10.6 Å². The number of aromatic nitrogens is 3. The monoisotopic (exact) mass is 487 g/mol. The number of aromatic carboxylic acids is 1. The lowest BCUT2D eigenvalue weighted by molar-refractivity contribution is 0.0695. The van der Waals surface area contributed by atoms with Crippen LogP contribution >= 0.6 is 0 Å². The van der Waals surface area contributed by atoms with E-state index in [9.17, 15) is 23.9 Å². The number of carbonyl (C=O) groups excluding carboxylic acids is 2. The summed E-state index contributed by atoms with van der Waals surface area (Å²) in [5, 5.41) is 19.2. The van der Waals surface area contributed by atoms with Crippen LogP contribution in [-0.2, 0) is 13.0 Å². The van der Waals surface area contributed by atoms with Crippen molar-refractivity contribution in [2.24, 2.45) is 0 Å². The molecule has 9 nitrogen and oxygen atoms in total. The van der Waals surface area contributed by atoms with Gasteiger partial charge in [0, 0.05) is 18.7 Å². The first-order valence-corrected chi connectivity index (χ1v) is 11.4. The van der Waals surface area contributed by atoms with E-state index in [1.54, 1.807) is 37.3 Å². The second-order valence-electron chi connectivity index (χ2n) is 8.62. The quantitative estimate of drug-likeness (QED) is 0.384. The molecule has 0 unspecified atom stereocenters. The minimum Gasteiger partial charge on any atom is -0.478 e. The molecule has 0 saturated carbocycles. The van der Waals surface area contributed by atoms with Gasteiger partial charge in [0.05, 0.1) is 17.8 Å². The van der Waals surface area contributed by atoms with Crippen molar-refractivity contribution in [1.82, 2.24) is 25.2 Å². The maximum Gasteiger partial charge on any atom is 0.335 e. The third-order valence-electron chi connectivity index (χ3n) is 6.40. The molecule has 0 radical (unpaired) electrons. The van der Waals surface area contributed by atoms with E-state index in [1.165, 1.54) is 28.9 Å². The normalized spacial score (nSPS) is 14.4. The van der Waals surface area contributed by atoms with Crippen molar-refractivity contribution in [3.8, 4) is 0 Å². The molecule has 2 aromatic heterocycles. The van der Waals surface area contributed by atoms with E-state index in [1.807, 2.05) is 0 Å². The molecule has 0 bridgehead atoms. The second-order valence-corrected chi connectivity index (χ2v) is 8.62. The molecule has 5 rings (SSSR count). The molecule has 0 fully saturated rings. The van der Waals surface area contributed by atoms with Gasteiger partial charge in [0.2, 0.25) is 0 Å². The molecule has 2 heterocycles. The summed E-state index contributed by atoms with van der Waals surface area (Å²) in [5.41, 5.74) is 3.84. The molecule has 3 N–H and O–H groups in total. The number of fused-ring (bicyclic) bond motifs is 2. The van der Waals surface area contributed by atoms with E-state index in [-0.39, 0.29) is 29.5 Å². The first-order valence-electron chi connectivity index (χ1n) is 11.4. The highest BCUT2D eigenvalue weighted by molar-refractivity contribution is 5.98. The largest absolute Gasteiger partial charge is 0.478 e. The van der Waals surface area contributed by atoms with Gasteiger partial charge in [0.1, 0.15) is 17.2 Å². The molecular weight excluding hydrogens is 465 g/mol. The summed E-state index contributed by atoms with van der Waals surface area (Å²) in [6, 6.07) is 11.8. The summed E-state index contributed by atoms with van der Waals surface area (Å²) in [6.45, 7) is 1.87. The van der Waals surface area contributed by atoms with Gasteiger partial charge >= 0.3 is 5.97 Å². The number of hydrogen-bond donors (Lipinski definition) is 3. The summed E-state index contributed by atoms with van der Waals surface area (Å²) in [6.07, 6.45) is 2.75. The van der Waals surface area contributed by atoms with E-state index in [2.05, 4.69) is 20.7 Å². The van der Waals surface area contributed by atoms with Gasteiger partial charge < -0.3 is 15.7 Å². The first kappa shape index (κ1) is 23.2. The highest BCUT2D eigenvalue weighted by atomic mass is 19.1. The maximum atomic E-state index is 13.4. The zero-order valence-corrected chi connectivity index (χ0v) is 19.3. The predicted molar refractivity (Wildman–Crippen MR) is 127 cm³/mol. The van der Waals surface area contributed by atoms with Gasteiger partial charge in [0.15, 0.2) is 5.65 Å². The molecule has 182 valence electrons. The number of benzene rings is 2. The van der Waals surface area contributed by atoms with Crippen LogP contribution in [0.1, 0.15) is 66.1 Å². The number of carboxylic acid groups (broad SMARTS) is 1. The van der Waals surface area contributed by atoms with Crippen LogP contribution in [0.2, 0.25) is 0 Å². The molecule has 1 aliphatic rings. The number of halogens is 1. The lowest BCUT2D eigenvalue weighted by Gasteiger charge is -2.16. The van der Waals surface area contributed by atoms with Crippen molar-refractivity contribution >= 4 is 23.4 Å². The summed E-state index contributed by atoms with van der Waals surface area (Å²) >= 11 is 0. The van der Waals surface area contributed by atoms with Crippen LogP contribution in [0.4, 0.5) is 4.39 Å². The number of hydrogen-bond acceptors (Lipinski definition) is 5. The summed E-state index contributed by atoms with van der Waals surface area (Å²) in [7, 11) is 0. The Kier molecular flexibility index (Phi) is 5.93. The molecule has 0 saturated heterocycles. The Morgan fingerprint density at radius 2 is 1.97 bits per heavy atom. The summed E-state index contributed by atoms with van der Waals surface area (Å²) < 4.78 is 14.8. The minimum atomic E-state index is -0.983. The molecule has 1 atom stereocenters. The Hall–Kier alpha value is -4.60. The molecule has 0 spiro atoms. The van der Waals surface area contributed by atoms with Crippen LogP contribution in [0, 0.1) is 12.7 Å². The highest BCUT2D eigenvalue weighted by Crippen LogP contribution is 2.34. The maximum absolute atomic E-state index is 13.4. The zero-order valence-electron chi connectivity index (χ0n) is 19.3. The molecule has 10 heteroatoms. The van der Waals surface area contributed by atoms with E-state index >= 15 is 0 Å². The van der Waals surface area contributed by atoms with Crippen molar-refractivity contribution in [3.63, 3.8) is 0 Å². The SMILES string of the molecule is Cc1c(C(=O)O)ccc2c1CC[C@@H]2NC(=O)c1cc(C(=O)NCc2cccc(F)c2)nc2ccnn12. The zero-order chi connectivity index (χ0) is 25.4. The number of nitrogens with one attached hydrogen (secondary N) is 2. The van der Waals surface area contributed by atoms with E-state index in [0.717, 1.165) is 11.1 Å². The van der Waals surface area contributed by atoms with Gasteiger partial charge in [-0.2, -0.15) is 5.10 Å². The fraction of sp³-hybridized carbons (Fsp3) is 0.192. The second kappa shape index (κ2) is 9.21. The van der Waals surface area contributed by atoms with Gasteiger partial charge in [-0.1, -0.05) is 18.2 Å². The number of carbonyl (C=O) groups is 3. The third-order valence-corrected chi connectivity index (χ3v) is 6.40. The number of amides is 2. The summed E-state index contributed by atoms with van der Waals surface area (Å²) in [5.74, 6) is -2.34. The number of nitrogens with zero attached hydrogens (tertiary/aromatic N) is 3. The minimum absolute atomic E-state index is 0.0262. The van der Waals surface area contributed by atoms with Crippen LogP contribution in [-0.4, -0.2) is 37.5 Å². The summed E-state index contributed by atoms with van der Waals surface area (Å²) in [4.78, 5) is 41.9. The van der Waals surface area contributed by atoms with Crippen LogP contribution in [0.3, 0.4) is 0 Å². The average molecular weight is 487 g/mol. The van der Waals surface area contributed by atoms with Crippen molar-refractivity contribution < 1.29 is 23.9 Å². The topological polar surface area (TPSA) is 126 Å². The lowest BCUT2D eigenvalue weighted by atomic mass is 9.98. The molecule has 2 aromatic carbocycles. The average Bonchev–Trinajstić information content (AvgIpc) is 3.49. The molecule has 1 aliphatic carbocycles. The molecule has 36 heavy (non-hydrogen) atoms. The fourth-order valence-electron chi connectivity index (χ4n) is 4.60. The van der Waals surface area contributed by atoms with E-state index in [0.29, 0.717) is 29.6 Å². The number of carboxylic acids is 1.